The van der Waals surface area contributed by atoms with Gasteiger partial charge >= 0.3 is 6.03 Å². The van der Waals surface area contributed by atoms with Crippen molar-refractivity contribution in [3.8, 4) is 0 Å². The molecular weight excluding hydrogens is 414 g/mol. The zero-order chi connectivity index (χ0) is 23.7. The molecule has 1 fully saturated rings. The van der Waals surface area contributed by atoms with E-state index in [0.29, 0.717) is 37.6 Å². The zero-order valence-electron chi connectivity index (χ0n) is 20.7. The summed E-state index contributed by atoms with van der Waals surface area (Å²) in [5, 5.41) is 4.19. The van der Waals surface area contributed by atoms with Gasteiger partial charge in [0.05, 0.1) is 5.92 Å². The van der Waals surface area contributed by atoms with Crippen molar-refractivity contribution in [3.63, 3.8) is 0 Å². The number of hydrogen-bond acceptors (Lipinski definition) is 4. The summed E-state index contributed by atoms with van der Waals surface area (Å²) >= 11 is 0. The van der Waals surface area contributed by atoms with Gasteiger partial charge in [-0.05, 0) is 77.9 Å². The van der Waals surface area contributed by atoms with E-state index in [2.05, 4.69) is 58.3 Å². The number of rotatable bonds is 7. The fourth-order valence-electron chi connectivity index (χ4n) is 5.83. The number of fused-ring (bicyclic) bond motifs is 2. The van der Waals surface area contributed by atoms with Gasteiger partial charge in [-0.3, -0.25) is 14.6 Å². The number of benzene rings is 1. The lowest BCUT2D eigenvalue weighted by Crippen LogP contribution is -2.57. The molecule has 7 heteroatoms. The molecule has 1 unspecified atom stereocenters. The van der Waals surface area contributed by atoms with Crippen LogP contribution in [0.4, 0.5) is 4.79 Å². The normalized spacial score (nSPS) is 22.6. The van der Waals surface area contributed by atoms with Gasteiger partial charge in [0.2, 0.25) is 5.91 Å². The van der Waals surface area contributed by atoms with E-state index >= 15 is 0 Å². The van der Waals surface area contributed by atoms with Gasteiger partial charge in [0.1, 0.15) is 0 Å². The Morgan fingerprint density at radius 3 is 2.73 bits per heavy atom. The summed E-state index contributed by atoms with van der Waals surface area (Å²) in [7, 11) is 4.03. The highest BCUT2D eigenvalue weighted by Gasteiger charge is 2.44. The van der Waals surface area contributed by atoms with Gasteiger partial charge in [-0.2, -0.15) is 0 Å². The standard InChI is InChI=1S/C26H39N5O2/c1-6-27-26(33)30(12-8-11-29(4)5)25(32)19-13-21-20-9-7-10-22-24(20)18(15-28-22)14-23(21)31(16-19)17(2)3/h7,9-10,15,17,19,21,23,28H,6,8,11-14,16H2,1-5H3,(H,27,33)/t19-,21?,23-/m1/s1. The number of carbonyl (C=O) groups excluding carboxylic acids is 2. The summed E-state index contributed by atoms with van der Waals surface area (Å²) in [6.45, 7) is 8.84. The molecule has 2 aliphatic rings. The molecule has 1 aliphatic carbocycles. The average Bonchev–Trinajstić information content (AvgIpc) is 3.20. The number of imide groups is 1. The maximum Gasteiger partial charge on any atom is 0.324 e. The Morgan fingerprint density at radius 2 is 2.03 bits per heavy atom. The highest BCUT2D eigenvalue weighted by atomic mass is 16.2. The van der Waals surface area contributed by atoms with E-state index in [0.717, 1.165) is 25.8 Å². The van der Waals surface area contributed by atoms with E-state index < -0.39 is 0 Å². The lowest BCUT2D eigenvalue weighted by Gasteiger charge is -2.49. The van der Waals surface area contributed by atoms with Gasteiger partial charge in [0, 0.05) is 54.7 Å². The summed E-state index contributed by atoms with van der Waals surface area (Å²) in [5.74, 6) is 0.0715. The molecule has 1 aromatic carbocycles. The van der Waals surface area contributed by atoms with Crippen molar-refractivity contribution in [1.29, 1.82) is 0 Å². The first-order chi connectivity index (χ1) is 15.8. The van der Waals surface area contributed by atoms with Gasteiger partial charge in [-0.15, -0.1) is 0 Å². The highest BCUT2D eigenvalue weighted by Crippen LogP contribution is 2.45. The number of carbonyl (C=O) groups is 2. The number of H-pyrrole nitrogens is 1. The van der Waals surface area contributed by atoms with Crippen molar-refractivity contribution in [2.24, 2.45) is 5.92 Å². The minimum atomic E-state index is -0.266. The molecule has 0 radical (unpaired) electrons. The van der Waals surface area contributed by atoms with Crippen LogP contribution in [0.5, 0.6) is 0 Å². The zero-order valence-corrected chi connectivity index (χ0v) is 20.7. The SMILES string of the molecule is CCNC(=O)N(CCCN(C)C)C(=O)[C@@H]1CC2c3cccc4[nH]cc(c34)C[C@H]2N(C(C)C)C1. The van der Waals surface area contributed by atoms with Crippen LogP contribution in [0.1, 0.15) is 50.7 Å². The van der Waals surface area contributed by atoms with Crippen LogP contribution < -0.4 is 5.32 Å². The number of hydrogen-bond donors (Lipinski definition) is 2. The monoisotopic (exact) mass is 453 g/mol. The third-order valence-electron chi connectivity index (χ3n) is 7.35. The average molecular weight is 454 g/mol. The molecule has 1 aliphatic heterocycles. The largest absolute Gasteiger partial charge is 0.361 e. The van der Waals surface area contributed by atoms with E-state index in [-0.39, 0.29) is 17.9 Å². The summed E-state index contributed by atoms with van der Waals surface area (Å²) in [6.07, 6.45) is 4.72. The van der Waals surface area contributed by atoms with Crippen molar-refractivity contribution in [1.82, 2.24) is 25.0 Å². The van der Waals surface area contributed by atoms with Crippen LogP contribution >= 0.6 is 0 Å². The fourth-order valence-corrected chi connectivity index (χ4v) is 5.83. The number of urea groups is 1. The van der Waals surface area contributed by atoms with Gasteiger partial charge in [-0.25, -0.2) is 4.79 Å². The summed E-state index contributed by atoms with van der Waals surface area (Å²) < 4.78 is 0. The van der Waals surface area contributed by atoms with Crippen molar-refractivity contribution < 1.29 is 9.59 Å². The molecule has 2 N–H and O–H groups in total. The fraction of sp³-hybridized carbons (Fsp3) is 0.615. The number of amides is 3. The number of aromatic amines is 1. The third kappa shape index (κ3) is 4.66. The van der Waals surface area contributed by atoms with Crippen LogP contribution in [-0.2, 0) is 11.2 Å². The van der Waals surface area contributed by atoms with Crippen LogP contribution in [0.3, 0.4) is 0 Å². The molecule has 4 rings (SSSR count). The topological polar surface area (TPSA) is 71.7 Å². The Balaban J connectivity index is 1.62. The van der Waals surface area contributed by atoms with Crippen LogP contribution in [-0.4, -0.2) is 84.0 Å². The number of piperidine rings is 1. The molecule has 33 heavy (non-hydrogen) atoms. The molecule has 2 heterocycles. The molecule has 2 aromatic rings. The molecular formula is C26H39N5O2. The number of nitrogens with zero attached hydrogens (tertiary/aromatic N) is 3. The number of likely N-dealkylation sites (tertiary alicyclic amines) is 1. The highest BCUT2D eigenvalue weighted by molar-refractivity contribution is 5.96. The number of nitrogens with one attached hydrogen (secondary N) is 2. The lowest BCUT2D eigenvalue weighted by molar-refractivity contribution is -0.135. The Hall–Kier alpha value is -2.38. The first-order valence-corrected chi connectivity index (χ1v) is 12.4. The Bertz CT molecular complexity index is 998. The molecule has 1 saturated heterocycles. The van der Waals surface area contributed by atoms with Crippen LogP contribution in [0, 0.1) is 5.92 Å². The van der Waals surface area contributed by atoms with Gasteiger partial charge in [-0.1, -0.05) is 12.1 Å². The molecule has 1 aromatic heterocycles. The molecule has 0 spiro atoms. The second-order valence-corrected chi connectivity index (χ2v) is 10.2. The molecule has 3 amide bonds. The van der Waals surface area contributed by atoms with E-state index in [4.69, 9.17) is 0 Å². The van der Waals surface area contributed by atoms with Gasteiger partial charge < -0.3 is 15.2 Å². The summed E-state index contributed by atoms with van der Waals surface area (Å²) in [4.78, 5) is 36.1. The Labute approximate surface area is 197 Å². The number of aromatic nitrogens is 1. The van der Waals surface area contributed by atoms with Crippen molar-refractivity contribution >= 4 is 22.8 Å². The van der Waals surface area contributed by atoms with Crippen LogP contribution in [0.2, 0.25) is 0 Å². The van der Waals surface area contributed by atoms with Crippen LogP contribution in [0.15, 0.2) is 24.4 Å². The first kappa shape index (κ1) is 23.8. The smallest absolute Gasteiger partial charge is 0.324 e. The predicted octanol–water partition coefficient (Wildman–Crippen LogP) is 3.42. The summed E-state index contributed by atoms with van der Waals surface area (Å²) in [5.41, 5.74) is 3.91. The summed E-state index contributed by atoms with van der Waals surface area (Å²) in [6, 6.07) is 6.94. The van der Waals surface area contributed by atoms with E-state index in [1.807, 2.05) is 21.0 Å². The van der Waals surface area contributed by atoms with Crippen LogP contribution in [0.25, 0.3) is 10.9 Å². The maximum absolute atomic E-state index is 13.8. The van der Waals surface area contributed by atoms with Gasteiger partial charge in [0.25, 0.3) is 0 Å². The molecule has 7 nitrogen and oxygen atoms in total. The predicted molar refractivity (Wildman–Crippen MR) is 132 cm³/mol. The minimum Gasteiger partial charge on any atom is -0.361 e. The second kappa shape index (κ2) is 9.85. The molecule has 180 valence electrons. The third-order valence-corrected chi connectivity index (χ3v) is 7.35. The van der Waals surface area contributed by atoms with E-state index in [1.54, 1.807) is 0 Å². The van der Waals surface area contributed by atoms with E-state index in [1.165, 1.54) is 26.9 Å². The minimum absolute atomic E-state index is 0.0316. The van der Waals surface area contributed by atoms with Crippen molar-refractivity contribution in [2.45, 2.75) is 58.0 Å². The van der Waals surface area contributed by atoms with Crippen molar-refractivity contribution in [2.75, 3.05) is 40.3 Å². The Morgan fingerprint density at radius 1 is 1.24 bits per heavy atom. The van der Waals surface area contributed by atoms with Crippen molar-refractivity contribution in [3.05, 3.63) is 35.5 Å². The Kier molecular flexibility index (Phi) is 7.10. The van der Waals surface area contributed by atoms with E-state index in [9.17, 15) is 9.59 Å². The first-order valence-electron chi connectivity index (χ1n) is 12.4. The molecule has 0 bridgehead atoms. The second-order valence-electron chi connectivity index (χ2n) is 10.2. The van der Waals surface area contributed by atoms with Gasteiger partial charge in [0.15, 0.2) is 0 Å². The molecule has 0 saturated carbocycles. The lowest BCUT2D eigenvalue weighted by atomic mass is 9.71. The molecule has 3 atom stereocenters. The maximum atomic E-state index is 13.8. The quantitative estimate of drug-likeness (QED) is 0.674.